The Bertz CT molecular complexity index is 762. The minimum atomic E-state index is -0.972. The Balaban J connectivity index is 2.38. The van der Waals surface area contributed by atoms with Gasteiger partial charge in [-0.25, -0.2) is 4.31 Å². The molecule has 0 saturated heterocycles. The lowest BCUT2D eigenvalue weighted by molar-refractivity contribution is -0.137. The molecule has 0 radical (unpaired) electrons. The largest absolute Gasteiger partial charge is 0.480 e. The van der Waals surface area contributed by atoms with Crippen LogP contribution in [0.1, 0.15) is 5.69 Å². The van der Waals surface area contributed by atoms with Gasteiger partial charge in [0.25, 0.3) is 0 Å². The van der Waals surface area contributed by atoms with Gasteiger partial charge in [0, 0.05) is 30.4 Å². The normalized spacial score (nSPS) is 11.1. The molecule has 9 heteroatoms. The van der Waals surface area contributed by atoms with Gasteiger partial charge in [0.15, 0.2) is 0 Å². The van der Waals surface area contributed by atoms with Crippen molar-refractivity contribution in [3.05, 3.63) is 28.9 Å². The van der Waals surface area contributed by atoms with E-state index in [-0.39, 0.29) is 13.1 Å². The third-order valence-corrected chi connectivity index (χ3v) is 3.93. The third kappa shape index (κ3) is 4.10. The topological polar surface area (TPSA) is 94.8 Å². The van der Waals surface area contributed by atoms with E-state index in [2.05, 4.69) is 18.1 Å². The van der Waals surface area contributed by atoms with Crippen molar-refractivity contribution in [1.82, 2.24) is 8.87 Å². The van der Waals surface area contributed by atoms with Gasteiger partial charge in [0.05, 0.1) is 10.5 Å². The summed E-state index contributed by atoms with van der Waals surface area (Å²) in [6.45, 7) is -0.115. The Morgan fingerprint density at radius 2 is 2.04 bits per heavy atom. The lowest BCUT2D eigenvalue weighted by Gasteiger charge is -2.13. The van der Waals surface area contributed by atoms with Crippen LogP contribution in [-0.4, -0.2) is 44.1 Å². The van der Waals surface area contributed by atoms with E-state index in [0.717, 1.165) is 16.6 Å². The summed E-state index contributed by atoms with van der Waals surface area (Å²) >= 11 is 10.4. The number of hydrogen-bond donors (Lipinski definition) is 4. The summed E-state index contributed by atoms with van der Waals surface area (Å²) in [6, 6.07) is 5.25. The van der Waals surface area contributed by atoms with Crippen LogP contribution in [0, 0.1) is 0 Å². The van der Waals surface area contributed by atoms with Crippen molar-refractivity contribution in [2.75, 3.05) is 18.4 Å². The van der Waals surface area contributed by atoms with Crippen LogP contribution in [0.4, 0.5) is 5.69 Å². The summed E-state index contributed by atoms with van der Waals surface area (Å²) < 4.78 is 3.21. The number of carboxylic acid groups (broad SMARTS) is 2. The zero-order valence-electron chi connectivity index (χ0n) is 12.3. The first-order chi connectivity index (χ1) is 10.8. The van der Waals surface area contributed by atoms with Crippen LogP contribution in [0.5, 0.6) is 0 Å². The van der Waals surface area contributed by atoms with Crippen molar-refractivity contribution < 1.29 is 19.8 Å². The number of hydrogen-bond acceptors (Lipinski definition) is 5. The number of fused-ring (bicyclic) bond motifs is 1. The predicted octanol–water partition coefficient (Wildman–Crippen LogP) is 2.06. The van der Waals surface area contributed by atoms with E-state index >= 15 is 0 Å². The monoisotopic (exact) mass is 357 g/mol. The summed E-state index contributed by atoms with van der Waals surface area (Å²) in [5, 5.41) is 21.7. The fourth-order valence-corrected chi connectivity index (χ4v) is 2.91. The Kier molecular flexibility index (Phi) is 5.40. The van der Waals surface area contributed by atoms with Crippen LogP contribution in [0.3, 0.4) is 0 Å². The average molecular weight is 358 g/mol. The van der Waals surface area contributed by atoms with E-state index in [1.54, 1.807) is 12.1 Å². The molecule has 3 N–H and O–H groups in total. The first-order valence-corrected chi connectivity index (χ1v) is 7.45. The van der Waals surface area contributed by atoms with E-state index in [1.165, 1.54) is 4.31 Å². The molecule has 0 fully saturated rings. The Morgan fingerprint density at radius 1 is 1.35 bits per heavy atom. The SMILES string of the molecule is Cn1c(CN(S)CC(=O)O)cc2c(NCC(=O)O)ccc(Cl)c21. The molecule has 0 atom stereocenters. The zero-order chi connectivity index (χ0) is 17.1. The number of benzene rings is 1. The molecule has 1 aromatic carbocycles. The van der Waals surface area contributed by atoms with Crippen LogP contribution in [0.2, 0.25) is 5.02 Å². The summed E-state index contributed by atoms with van der Waals surface area (Å²) in [5.41, 5.74) is 2.20. The lowest BCUT2D eigenvalue weighted by Crippen LogP contribution is -2.21. The first-order valence-electron chi connectivity index (χ1n) is 6.67. The molecule has 2 rings (SSSR count). The number of aliphatic carboxylic acids is 2. The molecule has 124 valence electrons. The number of carbonyl (C=O) groups is 2. The van der Waals surface area contributed by atoms with Crippen LogP contribution >= 0.6 is 24.4 Å². The van der Waals surface area contributed by atoms with Gasteiger partial charge in [-0.3, -0.25) is 9.59 Å². The average Bonchev–Trinajstić information content (AvgIpc) is 2.75. The molecule has 2 aromatic rings. The van der Waals surface area contributed by atoms with E-state index < -0.39 is 11.9 Å². The summed E-state index contributed by atoms with van der Waals surface area (Å²) in [5.74, 6) is -1.94. The standard InChI is InChI=1S/C14H16ClN3O4S/c1-17-8(6-18(23)7-13(21)22)4-9-11(16-5-12(19)20)3-2-10(15)14(9)17/h2-4,16,23H,5-7H2,1H3,(H,19,20)(H,21,22). The Hall–Kier alpha value is -1.90. The Morgan fingerprint density at radius 3 is 2.65 bits per heavy atom. The number of aryl methyl sites for hydroxylation is 1. The van der Waals surface area contributed by atoms with E-state index in [4.69, 9.17) is 21.8 Å². The van der Waals surface area contributed by atoms with E-state index in [1.807, 2.05) is 17.7 Å². The predicted molar refractivity (Wildman–Crippen MR) is 91.1 cm³/mol. The fourth-order valence-electron chi connectivity index (χ4n) is 2.35. The quantitative estimate of drug-likeness (QED) is 0.567. The second-order valence-corrected chi connectivity index (χ2v) is 5.99. The van der Waals surface area contributed by atoms with Gasteiger partial charge in [0.2, 0.25) is 0 Å². The molecule has 0 aliphatic rings. The van der Waals surface area contributed by atoms with Crippen molar-refractivity contribution in [2.45, 2.75) is 6.54 Å². The van der Waals surface area contributed by atoms with Crippen LogP contribution < -0.4 is 5.32 Å². The highest BCUT2D eigenvalue weighted by Gasteiger charge is 2.15. The zero-order valence-corrected chi connectivity index (χ0v) is 13.9. The highest BCUT2D eigenvalue weighted by Crippen LogP contribution is 2.32. The number of rotatable bonds is 7. The molecule has 0 spiro atoms. The van der Waals surface area contributed by atoms with Crippen LogP contribution in [-0.2, 0) is 23.2 Å². The van der Waals surface area contributed by atoms with Crippen molar-refractivity contribution in [3.8, 4) is 0 Å². The maximum Gasteiger partial charge on any atom is 0.322 e. The van der Waals surface area contributed by atoms with Gasteiger partial charge in [-0.05, 0) is 18.2 Å². The van der Waals surface area contributed by atoms with Gasteiger partial charge in [0.1, 0.15) is 13.1 Å². The molecule has 0 aliphatic heterocycles. The Labute approximate surface area is 143 Å². The van der Waals surface area contributed by atoms with Gasteiger partial charge in [-0.1, -0.05) is 24.4 Å². The van der Waals surface area contributed by atoms with Crippen molar-refractivity contribution >= 4 is 52.9 Å². The van der Waals surface area contributed by atoms with Crippen molar-refractivity contribution in [3.63, 3.8) is 0 Å². The minimum Gasteiger partial charge on any atom is -0.480 e. The highest BCUT2D eigenvalue weighted by atomic mass is 35.5. The number of halogens is 1. The molecular weight excluding hydrogens is 342 g/mol. The molecule has 0 bridgehead atoms. The van der Waals surface area contributed by atoms with Gasteiger partial charge < -0.3 is 20.1 Å². The van der Waals surface area contributed by atoms with Gasteiger partial charge in [-0.15, -0.1) is 0 Å². The van der Waals surface area contributed by atoms with E-state index in [0.29, 0.717) is 17.3 Å². The number of aromatic nitrogens is 1. The molecule has 0 amide bonds. The summed E-state index contributed by atoms with van der Waals surface area (Å²) in [7, 11) is 1.81. The molecule has 0 unspecified atom stereocenters. The van der Waals surface area contributed by atoms with Gasteiger partial charge in [-0.2, -0.15) is 0 Å². The smallest absolute Gasteiger partial charge is 0.322 e. The summed E-state index contributed by atoms with van der Waals surface area (Å²) in [6.07, 6.45) is 0. The van der Waals surface area contributed by atoms with E-state index in [9.17, 15) is 9.59 Å². The molecule has 1 aromatic heterocycles. The molecule has 0 aliphatic carbocycles. The van der Waals surface area contributed by atoms with Crippen molar-refractivity contribution in [1.29, 1.82) is 0 Å². The number of carboxylic acids is 2. The lowest BCUT2D eigenvalue weighted by atomic mass is 10.2. The molecule has 7 nitrogen and oxygen atoms in total. The number of anilines is 1. The first kappa shape index (κ1) is 17.5. The maximum absolute atomic E-state index is 10.7. The second kappa shape index (κ2) is 7.12. The summed E-state index contributed by atoms with van der Waals surface area (Å²) in [4.78, 5) is 21.5. The van der Waals surface area contributed by atoms with Gasteiger partial charge >= 0.3 is 11.9 Å². The minimum absolute atomic E-state index is 0.206. The maximum atomic E-state index is 10.7. The van der Waals surface area contributed by atoms with Crippen LogP contribution in [0.15, 0.2) is 18.2 Å². The number of thiol groups is 1. The molecule has 23 heavy (non-hydrogen) atoms. The second-order valence-electron chi connectivity index (χ2n) is 5.02. The molecule has 1 heterocycles. The van der Waals surface area contributed by atoms with Crippen LogP contribution in [0.25, 0.3) is 10.9 Å². The molecule has 0 saturated carbocycles. The highest BCUT2D eigenvalue weighted by molar-refractivity contribution is 7.77. The van der Waals surface area contributed by atoms with Crippen molar-refractivity contribution in [2.24, 2.45) is 7.05 Å². The number of nitrogens with one attached hydrogen (secondary N) is 1. The fraction of sp³-hybridized carbons (Fsp3) is 0.286. The molecular formula is C14H16ClN3O4S. The number of nitrogens with zero attached hydrogens (tertiary/aromatic N) is 2. The third-order valence-electron chi connectivity index (χ3n) is 3.34.